The SMILES string of the molecule is O=C(O)c1cc2ccccc2cc1OCc1ccc2ccccc2c1. The first-order valence-corrected chi connectivity index (χ1v) is 8.07. The highest BCUT2D eigenvalue weighted by atomic mass is 16.5. The monoisotopic (exact) mass is 328 g/mol. The van der Waals surface area contributed by atoms with E-state index in [-0.39, 0.29) is 5.56 Å². The molecule has 0 unspecified atom stereocenters. The van der Waals surface area contributed by atoms with Crippen LogP contribution in [0, 0.1) is 0 Å². The van der Waals surface area contributed by atoms with Gasteiger partial charge in [0.1, 0.15) is 17.9 Å². The first-order valence-electron chi connectivity index (χ1n) is 8.07. The summed E-state index contributed by atoms with van der Waals surface area (Å²) in [5.41, 5.74) is 1.18. The van der Waals surface area contributed by atoms with Crippen LogP contribution < -0.4 is 4.74 Å². The zero-order valence-electron chi connectivity index (χ0n) is 13.5. The van der Waals surface area contributed by atoms with Crippen molar-refractivity contribution >= 4 is 27.5 Å². The minimum absolute atomic E-state index is 0.180. The topological polar surface area (TPSA) is 46.5 Å². The van der Waals surface area contributed by atoms with Gasteiger partial charge in [-0.3, -0.25) is 0 Å². The van der Waals surface area contributed by atoms with Crippen LogP contribution >= 0.6 is 0 Å². The van der Waals surface area contributed by atoms with Crippen LogP contribution in [-0.4, -0.2) is 11.1 Å². The first kappa shape index (κ1) is 15.2. The number of carbonyl (C=O) groups is 1. The third-order valence-electron chi connectivity index (χ3n) is 4.29. The van der Waals surface area contributed by atoms with Gasteiger partial charge < -0.3 is 9.84 Å². The second-order valence-corrected chi connectivity index (χ2v) is 5.97. The lowest BCUT2D eigenvalue weighted by molar-refractivity contribution is 0.0692. The summed E-state index contributed by atoms with van der Waals surface area (Å²) in [5.74, 6) is -0.598. The minimum atomic E-state index is -0.987. The van der Waals surface area contributed by atoms with Gasteiger partial charge in [-0.1, -0.05) is 60.7 Å². The Morgan fingerprint density at radius 1 is 0.760 bits per heavy atom. The second-order valence-electron chi connectivity index (χ2n) is 5.97. The fraction of sp³-hybridized carbons (Fsp3) is 0.0455. The average Bonchev–Trinajstić information content (AvgIpc) is 2.65. The molecule has 0 heterocycles. The molecule has 0 aromatic heterocycles. The maximum Gasteiger partial charge on any atom is 0.339 e. The van der Waals surface area contributed by atoms with Gasteiger partial charge in [-0.25, -0.2) is 4.79 Å². The molecule has 122 valence electrons. The van der Waals surface area contributed by atoms with Gasteiger partial charge in [0.05, 0.1) is 0 Å². The number of fused-ring (bicyclic) bond motifs is 2. The van der Waals surface area contributed by atoms with E-state index in [2.05, 4.69) is 18.2 Å². The molecule has 0 aliphatic heterocycles. The van der Waals surface area contributed by atoms with Crippen molar-refractivity contribution in [3.8, 4) is 5.75 Å². The molecule has 0 aliphatic rings. The largest absolute Gasteiger partial charge is 0.488 e. The molecule has 0 amide bonds. The Morgan fingerprint density at radius 2 is 1.36 bits per heavy atom. The summed E-state index contributed by atoms with van der Waals surface area (Å²) in [7, 11) is 0. The van der Waals surface area contributed by atoms with E-state index in [1.165, 1.54) is 5.39 Å². The van der Waals surface area contributed by atoms with E-state index in [9.17, 15) is 9.90 Å². The van der Waals surface area contributed by atoms with Crippen LogP contribution in [-0.2, 0) is 6.61 Å². The maximum absolute atomic E-state index is 11.6. The molecule has 0 aliphatic carbocycles. The van der Waals surface area contributed by atoms with Gasteiger partial charge in [0.25, 0.3) is 0 Å². The Bertz CT molecular complexity index is 1080. The Labute approximate surface area is 145 Å². The van der Waals surface area contributed by atoms with E-state index in [1.54, 1.807) is 12.1 Å². The normalized spacial score (nSPS) is 10.9. The fourth-order valence-corrected chi connectivity index (χ4v) is 3.00. The highest BCUT2D eigenvalue weighted by molar-refractivity contribution is 5.97. The number of hydrogen-bond acceptors (Lipinski definition) is 2. The van der Waals surface area contributed by atoms with Crippen LogP contribution in [0.2, 0.25) is 0 Å². The molecule has 0 bridgehead atoms. The van der Waals surface area contributed by atoms with Crippen molar-refractivity contribution in [3.63, 3.8) is 0 Å². The van der Waals surface area contributed by atoms with Gasteiger partial charge in [0.2, 0.25) is 0 Å². The molecule has 1 N–H and O–H groups in total. The summed E-state index contributed by atoms with van der Waals surface area (Å²) in [5, 5.41) is 13.6. The number of carboxylic acid groups (broad SMARTS) is 1. The van der Waals surface area contributed by atoms with Crippen LogP contribution in [0.1, 0.15) is 15.9 Å². The van der Waals surface area contributed by atoms with Crippen LogP contribution in [0.5, 0.6) is 5.75 Å². The molecule has 4 aromatic rings. The van der Waals surface area contributed by atoms with E-state index in [4.69, 9.17) is 4.74 Å². The van der Waals surface area contributed by atoms with Crippen molar-refractivity contribution in [1.29, 1.82) is 0 Å². The van der Waals surface area contributed by atoms with Crippen molar-refractivity contribution < 1.29 is 14.6 Å². The lowest BCUT2D eigenvalue weighted by Crippen LogP contribution is -2.03. The van der Waals surface area contributed by atoms with Gasteiger partial charge in [0.15, 0.2) is 0 Å². The predicted molar refractivity (Wildman–Crippen MR) is 99.2 cm³/mol. The summed E-state index contributed by atoms with van der Waals surface area (Å²) in [6, 6.07) is 25.4. The molecule has 3 nitrogen and oxygen atoms in total. The van der Waals surface area contributed by atoms with Gasteiger partial charge in [-0.05, 0) is 45.3 Å². The van der Waals surface area contributed by atoms with Crippen LogP contribution in [0.15, 0.2) is 78.9 Å². The fourth-order valence-electron chi connectivity index (χ4n) is 3.00. The smallest absolute Gasteiger partial charge is 0.339 e. The Hall–Kier alpha value is -3.33. The molecule has 0 radical (unpaired) electrons. The Morgan fingerprint density at radius 3 is 2.04 bits per heavy atom. The third-order valence-corrected chi connectivity index (χ3v) is 4.29. The Kier molecular flexibility index (Phi) is 3.82. The molecule has 0 spiro atoms. The molecule has 3 heteroatoms. The van der Waals surface area contributed by atoms with Crippen LogP contribution in [0.25, 0.3) is 21.5 Å². The molecule has 0 fully saturated rings. The van der Waals surface area contributed by atoms with E-state index < -0.39 is 5.97 Å². The standard InChI is InChI=1S/C22H16O3/c23-22(24)20-12-18-7-3-4-8-19(18)13-21(20)25-14-15-9-10-16-5-1-2-6-17(16)11-15/h1-13H,14H2,(H,23,24). The van der Waals surface area contributed by atoms with E-state index in [1.807, 2.05) is 48.5 Å². The Balaban J connectivity index is 1.66. The van der Waals surface area contributed by atoms with Gasteiger partial charge in [-0.15, -0.1) is 0 Å². The average molecular weight is 328 g/mol. The zero-order chi connectivity index (χ0) is 17.2. The van der Waals surface area contributed by atoms with Crippen molar-refractivity contribution in [2.24, 2.45) is 0 Å². The molecule has 0 atom stereocenters. The van der Waals surface area contributed by atoms with Crippen LogP contribution in [0.4, 0.5) is 0 Å². The summed E-state index contributed by atoms with van der Waals surface area (Å²) in [6.07, 6.45) is 0. The van der Waals surface area contributed by atoms with E-state index in [0.29, 0.717) is 12.4 Å². The molecule has 0 saturated heterocycles. The second kappa shape index (κ2) is 6.29. The first-order chi connectivity index (χ1) is 12.2. The predicted octanol–water partition coefficient (Wildman–Crippen LogP) is 5.27. The van der Waals surface area contributed by atoms with Crippen molar-refractivity contribution in [1.82, 2.24) is 0 Å². The van der Waals surface area contributed by atoms with E-state index in [0.717, 1.165) is 21.7 Å². The number of ether oxygens (including phenoxy) is 1. The number of carboxylic acids is 1. The number of benzene rings is 4. The van der Waals surface area contributed by atoms with Gasteiger partial charge in [0, 0.05) is 0 Å². The van der Waals surface area contributed by atoms with Crippen molar-refractivity contribution in [3.05, 3.63) is 90.0 Å². The molecule has 25 heavy (non-hydrogen) atoms. The van der Waals surface area contributed by atoms with E-state index >= 15 is 0 Å². The molecule has 4 rings (SSSR count). The van der Waals surface area contributed by atoms with Crippen LogP contribution in [0.3, 0.4) is 0 Å². The highest BCUT2D eigenvalue weighted by Gasteiger charge is 2.13. The summed E-state index contributed by atoms with van der Waals surface area (Å²) >= 11 is 0. The molecule has 4 aromatic carbocycles. The quantitative estimate of drug-likeness (QED) is 0.555. The zero-order valence-corrected chi connectivity index (χ0v) is 13.5. The highest BCUT2D eigenvalue weighted by Crippen LogP contribution is 2.27. The summed E-state index contributed by atoms with van der Waals surface area (Å²) in [4.78, 5) is 11.6. The number of aromatic carboxylic acids is 1. The lowest BCUT2D eigenvalue weighted by atomic mass is 10.1. The maximum atomic E-state index is 11.6. The number of rotatable bonds is 4. The molecule has 0 saturated carbocycles. The van der Waals surface area contributed by atoms with Crippen molar-refractivity contribution in [2.45, 2.75) is 6.61 Å². The third kappa shape index (κ3) is 3.04. The van der Waals surface area contributed by atoms with Gasteiger partial charge in [-0.2, -0.15) is 0 Å². The summed E-state index contributed by atoms with van der Waals surface area (Å²) in [6.45, 7) is 0.323. The van der Waals surface area contributed by atoms with Crippen molar-refractivity contribution in [2.75, 3.05) is 0 Å². The van der Waals surface area contributed by atoms with Gasteiger partial charge >= 0.3 is 5.97 Å². The molecular weight excluding hydrogens is 312 g/mol. The minimum Gasteiger partial charge on any atom is -0.488 e. The number of hydrogen-bond donors (Lipinski definition) is 1. The lowest BCUT2D eigenvalue weighted by Gasteiger charge is -2.11. The molecular formula is C22H16O3. The summed E-state index contributed by atoms with van der Waals surface area (Å²) < 4.78 is 5.86.